The minimum atomic E-state index is -0.436. The van der Waals surface area contributed by atoms with Gasteiger partial charge in [-0.25, -0.2) is 0 Å². The number of hydrogen-bond acceptors (Lipinski definition) is 3. The quantitative estimate of drug-likeness (QED) is 0.883. The van der Waals surface area contributed by atoms with Gasteiger partial charge in [0.25, 0.3) is 5.91 Å². The second kappa shape index (κ2) is 5.33. The van der Waals surface area contributed by atoms with Crippen molar-refractivity contribution in [2.75, 3.05) is 6.54 Å². The molecule has 5 heteroatoms. The molecule has 0 aliphatic carbocycles. The number of Topliss-reactive ketones (excluding diaryl/α,β-unsaturated/α-hetero) is 1. The standard InChI is InChI=1S/C13H21N3O2/c1-6-16-10(7-9(2)15-16)12(18)14-8-11(17)13(3,4)5/h7H,6,8H2,1-5H3,(H,14,18). The molecule has 0 aromatic carbocycles. The van der Waals surface area contributed by atoms with Crippen LogP contribution in [0.2, 0.25) is 0 Å². The van der Waals surface area contributed by atoms with Crippen LogP contribution in [0, 0.1) is 12.3 Å². The van der Waals surface area contributed by atoms with E-state index in [9.17, 15) is 9.59 Å². The number of aromatic nitrogens is 2. The first-order valence-corrected chi connectivity index (χ1v) is 6.11. The minimum absolute atomic E-state index is 0.00938. The molecular formula is C13H21N3O2. The van der Waals surface area contributed by atoms with Gasteiger partial charge in [0, 0.05) is 12.0 Å². The van der Waals surface area contributed by atoms with Crippen molar-refractivity contribution in [3.63, 3.8) is 0 Å². The second-order valence-electron chi connectivity index (χ2n) is 5.34. The summed E-state index contributed by atoms with van der Waals surface area (Å²) in [5, 5.41) is 6.84. The number of nitrogens with one attached hydrogen (secondary N) is 1. The normalized spacial score (nSPS) is 11.4. The minimum Gasteiger partial charge on any atom is -0.344 e. The molecule has 0 unspecified atom stereocenters. The van der Waals surface area contributed by atoms with Crippen LogP contribution in [0.4, 0.5) is 0 Å². The van der Waals surface area contributed by atoms with Gasteiger partial charge < -0.3 is 5.32 Å². The molecule has 1 heterocycles. The first kappa shape index (κ1) is 14.4. The van der Waals surface area contributed by atoms with Crippen LogP contribution < -0.4 is 5.32 Å². The molecule has 0 fully saturated rings. The van der Waals surface area contributed by atoms with Gasteiger partial charge in [0.2, 0.25) is 0 Å². The Hall–Kier alpha value is -1.65. The number of rotatable bonds is 4. The molecule has 18 heavy (non-hydrogen) atoms. The number of aryl methyl sites for hydroxylation is 2. The Morgan fingerprint density at radius 1 is 1.39 bits per heavy atom. The predicted octanol–water partition coefficient (Wildman–Crippen LogP) is 1.56. The maximum absolute atomic E-state index is 11.9. The van der Waals surface area contributed by atoms with Crippen molar-refractivity contribution in [1.29, 1.82) is 0 Å². The largest absolute Gasteiger partial charge is 0.344 e. The molecular weight excluding hydrogens is 230 g/mol. The van der Waals surface area contributed by atoms with Crippen LogP contribution in [-0.2, 0) is 11.3 Å². The zero-order chi connectivity index (χ0) is 13.9. The van der Waals surface area contributed by atoms with E-state index in [1.165, 1.54) is 0 Å². The van der Waals surface area contributed by atoms with Crippen molar-refractivity contribution in [1.82, 2.24) is 15.1 Å². The lowest BCUT2D eigenvalue weighted by atomic mass is 9.91. The molecule has 0 atom stereocenters. The van der Waals surface area contributed by atoms with E-state index in [4.69, 9.17) is 0 Å². The van der Waals surface area contributed by atoms with Crippen molar-refractivity contribution in [2.24, 2.45) is 5.41 Å². The average Bonchev–Trinajstić information content (AvgIpc) is 2.65. The summed E-state index contributed by atoms with van der Waals surface area (Å²) < 4.78 is 1.63. The van der Waals surface area contributed by atoms with Gasteiger partial charge in [-0.05, 0) is 19.9 Å². The summed E-state index contributed by atoms with van der Waals surface area (Å²) in [6.45, 7) is 9.94. The van der Waals surface area contributed by atoms with Gasteiger partial charge in [-0.1, -0.05) is 20.8 Å². The van der Waals surface area contributed by atoms with E-state index in [0.717, 1.165) is 5.69 Å². The molecule has 1 aromatic rings. The van der Waals surface area contributed by atoms with Crippen LogP contribution in [0.3, 0.4) is 0 Å². The molecule has 100 valence electrons. The van der Waals surface area contributed by atoms with Gasteiger partial charge in [0.05, 0.1) is 12.2 Å². The smallest absolute Gasteiger partial charge is 0.269 e. The lowest BCUT2D eigenvalue weighted by Gasteiger charge is -2.16. The summed E-state index contributed by atoms with van der Waals surface area (Å²) in [6, 6.07) is 1.72. The predicted molar refractivity (Wildman–Crippen MR) is 69.4 cm³/mol. The number of carbonyl (C=O) groups is 2. The topological polar surface area (TPSA) is 64.0 Å². The van der Waals surface area contributed by atoms with Crippen molar-refractivity contribution in [3.05, 3.63) is 17.5 Å². The molecule has 1 amide bonds. The van der Waals surface area contributed by atoms with Crippen LogP contribution in [0.15, 0.2) is 6.07 Å². The second-order valence-corrected chi connectivity index (χ2v) is 5.34. The Morgan fingerprint density at radius 2 is 2.00 bits per heavy atom. The highest BCUT2D eigenvalue weighted by Crippen LogP contribution is 2.13. The maximum atomic E-state index is 11.9. The molecule has 0 bridgehead atoms. The van der Waals surface area contributed by atoms with E-state index in [0.29, 0.717) is 12.2 Å². The molecule has 1 N–H and O–H groups in total. The van der Waals surface area contributed by atoms with E-state index in [-0.39, 0.29) is 18.2 Å². The summed E-state index contributed by atoms with van der Waals surface area (Å²) in [5.41, 5.74) is 0.856. The van der Waals surface area contributed by atoms with E-state index >= 15 is 0 Å². The fourth-order valence-electron chi connectivity index (χ4n) is 1.49. The van der Waals surface area contributed by atoms with E-state index in [2.05, 4.69) is 10.4 Å². The molecule has 1 aromatic heterocycles. The summed E-state index contributed by atoms with van der Waals surface area (Å²) in [5.74, 6) is -0.245. The first-order chi connectivity index (χ1) is 8.25. The van der Waals surface area contributed by atoms with Gasteiger partial charge in [-0.2, -0.15) is 5.10 Å². The highest BCUT2D eigenvalue weighted by molar-refractivity contribution is 5.96. The van der Waals surface area contributed by atoms with Crippen LogP contribution in [0.5, 0.6) is 0 Å². The zero-order valence-electron chi connectivity index (χ0n) is 11.7. The number of amides is 1. The summed E-state index contributed by atoms with van der Waals surface area (Å²) in [6.07, 6.45) is 0. The molecule has 0 spiro atoms. The molecule has 0 saturated heterocycles. The Labute approximate surface area is 108 Å². The maximum Gasteiger partial charge on any atom is 0.269 e. The van der Waals surface area contributed by atoms with Crippen molar-refractivity contribution >= 4 is 11.7 Å². The monoisotopic (exact) mass is 251 g/mol. The highest BCUT2D eigenvalue weighted by atomic mass is 16.2. The summed E-state index contributed by atoms with van der Waals surface area (Å²) in [4.78, 5) is 23.7. The lowest BCUT2D eigenvalue weighted by molar-refractivity contribution is -0.125. The molecule has 0 aliphatic rings. The van der Waals surface area contributed by atoms with Gasteiger partial charge in [0.15, 0.2) is 5.78 Å². The van der Waals surface area contributed by atoms with Gasteiger partial charge >= 0.3 is 0 Å². The average molecular weight is 251 g/mol. The third-order valence-electron chi connectivity index (χ3n) is 2.68. The zero-order valence-corrected chi connectivity index (χ0v) is 11.7. The number of carbonyl (C=O) groups excluding carboxylic acids is 2. The lowest BCUT2D eigenvalue weighted by Crippen LogP contribution is -2.36. The fourth-order valence-corrected chi connectivity index (χ4v) is 1.49. The molecule has 1 rings (SSSR count). The van der Waals surface area contributed by atoms with Gasteiger partial charge in [-0.15, -0.1) is 0 Å². The Balaban J connectivity index is 2.69. The van der Waals surface area contributed by atoms with Crippen molar-refractivity contribution in [3.8, 4) is 0 Å². The third-order valence-corrected chi connectivity index (χ3v) is 2.68. The fraction of sp³-hybridized carbons (Fsp3) is 0.615. The Bertz CT molecular complexity index is 455. The summed E-state index contributed by atoms with van der Waals surface area (Å²) >= 11 is 0. The van der Waals surface area contributed by atoms with Crippen molar-refractivity contribution in [2.45, 2.75) is 41.2 Å². The first-order valence-electron chi connectivity index (χ1n) is 6.11. The van der Waals surface area contributed by atoms with E-state index in [1.807, 2.05) is 34.6 Å². The highest BCUT2D eigenvalue weighted by Gasteiger charge is 2.22. The molecule has 5 nitrogen and oxygen atoms in total. The SMILES string of the molecule is CCn1nc(C)cc1C(=O)NCC(=O)C(C)(C)C. The number of hydrogen-bond donors (Lipinski definition) is 1. The van der Waals surface area contributed by atoms with Crippen LogP contribution in [0.25, 0.3) is 0 Å². The summed E-state index contributed by atoms with van der Waals surface area (Å²) in [7, 11) is 0. The number of ketones is 1. The molecule has 0 radical (unpaired) electrons. The van der Waals surface area contributed by atoms with Crippen LogP contribution >= 0.6 is 0 Å². The Morgan fingerprint density at radius 3 is 2.50 bits per heavy atom. The van der Waals surface area contributed by atoms with E-state index in [1.54, 1.807) is 10.7 Å². The van der Waals surface area contributed by atoms with Gasteiger partial charge in [0.1, 0.15) is 5.69 Å². The van der Waals surface area contributed by atoms with Gasteiger partial charge in [-0.3, -0.25) is 14.3 Å². The van der Waals surface area contributed by atoms with Crippen molar-refractivity contribution < 1.29 is 9.59 Å². The molecule has 0 aliphatic heterocycles. The van der Waals surface area contributed by atoms with Crippen LogP contribution in [-0.4, -0.2) is 28.0 Å². The number of nitrogens with zero attached hydrogens (tertiary/aromatic N) is 2. The molecule has 0 saturated carbocycles. The van der Waals surface area contributed by atoms with E-state index < -0.39 is 5.41 Å². The van der Waals surface area contributed by atoms with Crippen LogP contribution in [0.1, 0.15) is 43.9 Å². The Kier molecular flexibility index (Phi) is 4.27. The third kappa shape index (κ3) is 3.42.